The Labute approximate surface area is 98.4 Å². The molecule has 0 spiro atoms. The summed E-state index contributed by atoms with van der Waals surface area (Å²) in [4.78, 5) is 11.4. The maximum absolute atomic E-state index is 11.4. The fourth-order valence-corrected chi connectivity index (χ4v) is 3.02. The molecule has 3 N–H and O–H groups in total. The molecular formula is C13H25NO2. The largest absolute Gasteiger partial charge is 0.481 e. The molecule has 1 saturated carbocycles. The Balaban J connectivity index is 2.71. The molecule has 0 bridgehead atoms. The van der Waals surface area contributed by atoms with E-state index in [1.165, 1.54) is 0 Å². The van der Waals surface area contributed by atoms with Crippen LogP contribution in [0.3, 0.4) is 0 Å². The zero-order valence-corrected chi connectivity index (χ0v) is 10.6. The van der Waals surface area contributed by atoms with Gasteiger partial charge in [0.05, 0.1) is 5.41 Å². The summed E-state index contributed by atoms with van der Waals surface area (Å²) in [6.07, 6.45) is 7.38. The summed E-state index contributed by atoms with van der Waals surface area (Å²) in [5, 5.41) is 9.36. The normalized spacial score (nSPS) is 26.7. The molecule has 0 aromatic carbocycles. The van der Waals surface area contributed by atoms with Gasteiger partial charge in [0.2, 0.25) is 0 Å². The molecule has 1 unspecified atom stereocenters. The highest BCUT2D eigenvalue weighted by molar-refractivity contribution is 5.80. The Hall–Kier alpha value is -0.570. The van der Waals surface area contributed by atoms with Crippen molar-refractivity contribution in [3.05, 3.63) is 0 Å². The van der Waals surface area contributed by atoms with Crippen molar-refractivity contribution in [2.24, 2.45) is 16.6 Å². The molecule has 1 atom stereocenters. The predicted octanol–water partition coefficient (Wildman–Crippen LogP) is 2.79. The average Bonchev–Trinajstić information content (AvgIpc) is 2.94. The number of aliphatic carboxylic acids is 1. The second-order valence-electron chi connectivity index (χ2n) is 5.26. The molecule has 16 heavy (non-hydrogen) atoms. The van der Waals surface area contributed by atoms with Crippen LogP contribution < -0.4 is 5.73 Å². The highest BCUT2D eigenvalue weighted by Crippen LogP contribution is 2.68. The van der Waals surface area contributed by atoms with Crippen LogP contribution in [0.25, 0.3) is 0 Å². The molecule has 3 heteroatoms. The van der Waals surface area contributed by atoms with Crippen LogP contribution in [0.15, 0.2) is 0 Å². The Morgan fingerprint density at radius 3 is 2.00 bits per heavy atom. The maximum Gasteiger partial charge on any atom is 0.311 e. The van der Waals surface area contributed by atoms with Crippen molar-refractivity contribution in [1.29, 1.82) is 0 Å². The molecule has 0 amide bonds. The molecule has 1 aliphatic carbocycles. The summed E-state index contributed by atoms with van der Waals surface area (Å²) in [6.45, 7) is 4.61. The average molecular weight is 227 g/mol. The minimum atomic E-state index is -0.679. The molecule has 1 fully saturated rings. The molecule has 94 valence electrons. The molecule has 3 nitrogen and oxygen atoms in total. The van der Waals surface area contributed by atoms with E-state index in [1.807, 2.05) is 0 Å². The summed E-state index contributed by atoms with van der Waals surface area (Å²) in [5.41, 5.74) is 5.12. The summed E-state index contributed by atoms with van der Waals surface area (Å²) in [5.74, 6) is -0.679. The van der Waals surface area contributed by atoms with Crippen LogP contribution in [0, 0.1) is 10.8 Å². The van der Waals surface area contributed by atoms with Crippen LogP contribution in [0.2, 0.25) is 0 Å². The first-order valence-electron chi connectivity index (χ1n) is 6.52. The van der Waals surface area contributed by atoms with Crippen molar-refractivity contribution >= 4 is 5.97 Å². The number of hydrogen-bond donors (Lipinski definition) is 2. The summed E-state index contributed by atoms with van der Waals surface area (Å²) in [7, 11) is 0. The lowest BCUT2D eigenvalue weighted by atomic mass is 9.84. The van der Waals surface area contributed by atoms with Crippen LogP contribution in [0.4, 0.5) is 0 Å². The van der Waals surface area contributed by atoms with E-state index in [9.17, 15) is 9.90 Å². The molecule has 0 aliphatic heterocycles. The van der Waals surface area contributed by atoms with E-state index in [0.717, 1.165) is 44.9 Å². The molecule has 0 radical (unpaired) electrons. The van der Waals surface area contributed by atoms with Gasteiger partial charge >= 0.3 is 5.97 Å². The van der Waals surface area contributed by atoms with Gasteiger partial charge in [-0.05, 0) is 24.7 Å². The Morgan fingerprint density at radius 2 is 1.75 bits per heavy atom. The fraction of sp³-hybridized carbons (Fsp3) is 0.923. The topological polar surface area (TPSA) is 63.3 Å². The summed E-state index contributed by atoms with van der Waals surface area (Å²) in [6, 6.07) is 0. The van der Waals surface area contributed by atoms with Gasteiger partial charge in [0.1, 0.15) is 0 Å². The highest BCUT2D eigenvalue weighted by atomic mass is 16.4. The number of rotatable bonds is 8. The number of unbranched alkanes of at least 4 members (excludes halogenated alkanes) is 2. The van der Waals surface area contributed by atoms with E-state index in [1.54, 1.807) is 0 Å². The first-order valence-corrected chi connectivity index (χ1v) is 6.52. The van der Waals surface area contributed by atoms with Crippen molar-refractivity contribution < 1.29 is 9.90 Å². The quantitative estimate of drug-likeness (QED) is 0.670. The number of carboxylic acids is 1. The van der Waals surface area contributed by atoms with Gasteiger partial charge in [-0.15, -0.1) is 0 Å². The molecular weight excluding hydrogens is 202 g/mol. The van der Waals surface area contributed by atoms with Crippen LogP contribution in [-0.4, -0.2) is 17.6 Å². The zero-order valence-electron chi connectivity index (χ0n) is 10.6. The van der Waals surface area contributed by atoms with Gasteiger partial charge in [-0.3, -0.25) is 4.79 Å². The molecule has 0 aromatic rings. The summed E-state index contributed by atoms with van der Waals surface area (Å²) >= 11 is 0. The second-order valence-corrected chi connectivity index (χ2v) is 5.26. The van der Waals surface area contributed by atoms with Crippen molar-refractivity contribution in [3.8, 4) is 0 Å². The van der Waals surface area contributed by atoms with Crippen LogP contribution >= 0.6 is 0 Å². The van der Waals surface area contributed by atoms with Gasteiger partial charge in [0, 0.05) is 6.54 Å². The van der Waals surface area contributed by atoms with Gasteiger partial charge in [-0.25, -0.2) is 0 Å². The molecule has 0 aromatic heterocycles. The lowest BCUT2D eigenvalue weighted by molar-refractivity contribution is -0.144. The monoisotopic (exact) mass is 227 g/mol. The van der Waals surface area contributed by atoms with Crippen LogP contribution in [-0.2, 0) is 4.79 Å². The zero-order chi connectivity index (χ0) is 12.2. The van der Waals surface area contributed by atoms with Crippen molar-refractivity contribution in [3.63, 3.8) is 0 Å². The molecule has 0 heterocycles. The predicted molar refractivity (Wildman–Crippen MR) is 65.2 cm³/mol. The van der Waals surface area contributed by atoms with Gasteiger partial charge in [-0.2, -0.15) is 0 Å². The third-order valence-corrected chi connectivity index (χ3v) is 4.31. The minimum absolute atomic E-state index is 0.0135. The van der Waals surface area contributed by atoms with Crippen molar-refractivity contribution in [2.45, 2.75) is 58.8 Å². The van der Waals surface area contributed by atoms with E-state index in [-0.39, 0.29) is 5.41 Å². The van der Waals surface area contributed by atoms with E-state index < -0.39 is 11.4 Å². The van der Waals surface area contributed by atoms with E-state index in [2.05, 4.69) is 13.8 Å². The third-order valence-electron chi connectivity index (χ3n) is 4.31. The first-order chi connectivity index (χ1) is 7.58. The third kappa shape index (κ3) is 2.10. The van der Waals surface area contributed by atoms with Crippen LogP contribution in [0.1, 0.15) is 58.8 Å². The number of nitrogens with two attached hydrogens (primary N) is 1. The van der Waals surface area contributed by atoms with Gasteiger partial charge in [-0.1, -0.05) is 39.5 Å². The number of carboxylic acid groups (broad SMARTS) is 1. The molecule has 1 rings (SSSR count). The lowest BCUT2D eigenvalue weighted by Gasteiger charge is -2.21. The SMILES string of the molecule is CCCCC1(CCCC)CC1(CN)C(=O)O. The van der Waals surface area contributed by atoms with E-state index >= 15 is 0 Å². The second kappa shape index (κ2) is 5.17. The standard InChI is InChI=1S/C13H25NO2/c1-3-5-7-12(8-6-4-2)9-13(12,10-14)11(15)16/h3-10,14H2,1-2H3,(H,15,16). The van der Waals surface area contributed by atoms with E-state index in [0.29, 0.717) is 6.54 Å². The van der Waals surface area contributed by atoms with Crippen molar-refractivity contribution in [1.82, 2.24) is 0 Å². The van der Waals surface area contributed by atoms with Crippen LogP contribution in [0.5, 0.6) is 0 Å². The Bertz CT molecular complexity index is 244. The van der Waals surface area contributed by atoms with Gasteiger partial charge < -0.3 is 10.8 Å². The maximum atomic E-state index is 11.4. The molecule has 1 aliphatic rings. The highest BCUT2D eigenvalue weighted by Gasteiger charge is 2.69. The Kier molecular flexibility index (Phi) is 4.36. The minimum Gasteiger partial charge on any atom is -0.481 e. The number of hydrogen-bond acceptors (Lipinski definition) is 2. The van der Waals surface area contributed by atoms with E-state index in [4.69, 9.17) is 5.73 Å². The smallest absolute Gasteiger partial charge is 0.311 e. The van der Waals surface area contributed by atoms with Gasteiger partial charge in [0.25, 0.3) is 0 Å². The molecule has 0 saturated heterocycles. The fourth-order valence-electron chi connectivity index (χ4n) is 3.02. The Morgan fingerprint density at radius 1 is 1.25 bits per heavy atom. The number of carbonyl (C=O) groups is 1. The lowest BCUT2D eigenvalue weighted by Crippen LogP contribution is -2.31. The van der Waals surface area contributed by atoms with Gasteiger partial charge in [0.15, 0.2) is 0 Å². The summed E-state index contributed by atoms with van der Waals surface area (Å²) < 4.78 is 0. The van der Waals surface area contributed by atoms with Crippen molar-refractivity contribution in [2.75, 3.05) is 6.54 Å². The first kappa shape index (κ1) is 13.5.